The van der Waals surface area contributed by atoms with Crippen LogP contribution < -0.4 is 10.6 Å². The second-order valence-electron chi connectivity index (χ2n) is 7.15. The molecule has 0 heterocycles. The van der Waals surface area contributed by atoms with Crippen molar-refractivity contribution in [1.29, 1.82) is 0 Å². The predicted molar refractivity (Wildman–Crippen MR) is 119 cm³/mol. The maximum Gasteiger partial charge on any atom is 0.338 e. The predicted octanol–water partition coefficient (Wildman–Crippen LogP) is 4.93. The number of hydrogen-bond donors (Lipinski definition) is 2. The minimum atomic E-state index is -0.528. The summed E-state index contributed by atoms with van der Waals surface area (Å²) in [5.74, 6) is -1.06. The van der Waals surface area contributed by atoms with E-state index in [1.807, 2.05) is 31.2 Å². The van der Waals surface area contributed by atoms with Crippen molar-refractivity contribution in [3.05, 3.63) is 59.2 Å². The molecule has 0 saturated carbocycles. The molecule has 0 aromatic heterocycles. The lowest BCUT2D eigenvalue weighted by atomic mass is 10.1. The Labute approximate surface area is 176 Å². The van der Waals surface area contributed by atoms with E-state index >= 15 is 0 Å². The smallest absolute Gasteiger partial charge is 0.338 e. The topological polar surface area (TPSA) is 76.7 Å². The molecule has 2 rings (SSSR count). The molecule has 0 saturated heterocycles. The minimum Gasteiger partial charge on any atom is -0.459 e. The van der Waals surface area contributed by atoms with Crippen LogP contribution in [0.15, 0.2) is 42.5 Å². The van der Waals surface area contributed by atoms with Crippen molar-refractivity contribution >= 4 is 40.6 Å². The molecule has 0 spiro atoms. The number of benzene rings is 2. The van der Waals surface area contributed by atoms with Gasteiger partial charge in [0.25, 0.3) is 0 Å². The van der Waals surface area contributed by atoms with Crippen molar-refractivity contribution < 1.29 is 19.1 Å². The van der Waals surface area contributed by atoms with E-state index in [-0.39, 0.29) is 23.3 Å². The highest BCUT2D eigenvalue weighted by molar-refractivity contribution is 7.80. The van der Waals surface area contributed by atoms with E-state index < -0.39 is 11.9 Å². The van der Waals surface area contributed by atoms with E-state index in [0.29, 0.717) is 10.8 Å². The van der Waals surface area contributed by atoms with Gasteiger partial charge in [0, 0.05) is 11.4 Å². The van der Waals surface area contributed by atoms with Crippen LogP contribution in [0, 0.1) is 6.92 Å². The summed E-state index contributed by atoms with van der Waals surface area (Å²) in [6, 6.07) is 12.4. The lowest BCUT2D eigenvalue weighted by Crippen LogP contribution is -2.20. The molecule has 0 aliphatic heterocycles. The highest BCUT2D eigenvalue weighted by Crippen LogP contribution is 2.19. The van der Waals surface area contributed by atoms with Gasteiger partial charge in [-0.15, -0.1) is 0 Å². The largest absolute Gasteiger partial charge is 0.459 e. The Bertz CT molecular complexity index is 852. The molecule has 6 nitrogen and oxygen atoms in total. The fraction of sp³-hybridized carbons (Fsp3) is 0.318. The maximum absolute atomic E-state index is 12.4. The first-order chi connectivity index (χ1) is 13.6. The fourth-order valence-corrected chi connectivity index (χ4v) is 2.67. The van der Waals surface area contributed by atoms with E-state index in [1.54, 1.807) is 39.8 Å². The van der Waals surface area contributed by atoms with Gasteiger partial charge in [-0.25, -0.2) is 9.59 Å². The van der Waals surface area contributed by atoms with E-state index in [1.165, 1.54) is 6.07 Å². The van der Waals surface area contributed by atoms with Gasteiger partial charge in [0.05, 0.1) is 23.3 Å². The zero-order valence-electron chi connectivity index (χ0n) is 17.2. The number of aryl methyl sites for hydroxylation is 1. The van der Waals surface area contributed by atoms with Crippen LogP contribution in [0.2, 0.25) is 0 Å². The molecule has 0 radical (unpaired) electrons. The van der Waals surface area contributed by atoms with Crippen LogP contribution in [0.5, 0.6) is 0 Å². The Hall–Kier alpha value is -2.93. The maximum atomic E-state index is 12.4. The highest BCUT2D eigenvalue weighted by atomic mass is 32.1. The first-order valence-electron chi connectivity index (χ1n) is 9.35. The van der Waals surface area contributed by atoms with Crippen LogP contribution >= 0.6 is 12.2 Å². The number of anilines is 2. The van der Waals surface area contributed by atoms with Crippen LogP contribution in [-0.2, 0) is 9.47 Å². The van der Waals surface area contributed by atoms with E-state index in [4.69, 9.17) is 21.7 Å². The van der Waals surface area contributed by atoms with Crippen molar-refractivity contribution in [2.24, 2.45) is 0 Å². The Morgan fingerprint density at radius 2 is 1.24 bits per heavy atom. The molecule has 7 heteroatoms. The summed E-state index contributed by atoms with van der Waals surface area (Å²) in [6.07, 6.45) is -0.566. The molecule has 0 fully saturated rings. The zero-order chi connectivity index (χ0) is 21.6. The minimum absolute atomic E-state index is 0.234. The van der Waals surface area contributed by atoms with Gasteiger partial charge in [0.15, 0.2) is 5.11 Å². The van der Waals surface area contributed by atoms with Gasteiger partial charge < -0.3 is 20.1 Å². The SMILES string of the molecule is Cc1ccc(NC(=S)Nc2cc(C(=O)OC(C)C)cc(C(=O)OC(C)C)c2)cc1. The molecule has 0 atom stereocenters. The molecule has 2 N–H and O–H groups in total. The van der Waals surface area contributed by atoms with Crippen molar-refractivity contribution in [2.75, 3.05) is 10.6 Å². The number of ether oxygens (including phenoxy) is 2. The van der Waals surface area contributed by atoms with Crippen molar-refractivity contribution in [1.82, 2.24) is 0 Å². The molecular weight excluding hydrogens is 388 g/mol. The Morgan fingerprint density at radius 3 is 1.69 bits per heavy atom. The van der Waals surface area contributed by atoms with Crippen molar-refractivity contribution in [3.63, 3.8) is 0 Å². The third-order valence-electron chi connectivity index (χ3n) is 3.66. The van der Waals surface area contributed by atoms with Crippen molar-refractivity contribution in [3.8, 4) is 0 Å². The Morgan fingerprint density at radius 1 is 0.793 bits per heavy atom. The number of nitrogens with one attached hydrogen (secondary N) is 2. The number of rotatable bonds is 6. The quantitative estimate of drug-likeness (QED) is 0.512. The van der Waals surface area contributed by atoms with Gasteiger partial charge in [-0.3, -0.25) is 0 Å². The first-order valence-corrected chi connectivity index (χ1v) is 9.76. The van der Waals surface area contributed by atoms with E-state index in [2.05, 4.69) is 10.6 Å². The number of carbonyl (C=O) groups is 2. The Kier molecular flexibility index (Phi) is 7.73. The van der Waals surface area contributed by atoms with Crippen LogP contribution in [0.4, 0.5) is 11.4 Å². The van der Waals surface area contributed by atoms with Crippen LogP contribution in [0.1, 0.15) is 54.0 Å². The third kappa shape index (κ3) is 7.19. The van der Waals surface area contributed by atoms with Crippen molar-refractivity contribution in [2.45, 2.75) is 46.8 Å². The Balaban J connectivity index is 2.25. The van der Waals surface area contributed by atoms with Gasteiger partial charge in [-0.2, -0.15) is 0 Å². The molecule has 29 heavy (non-hydrogen) atoms. The monoisotopic (exact) mass is 414 g/mol. The highest BCUT2D eigenvalue weighted by Gasteiger charge is 2.17. The normalized spacial score (nSPS) is 10.6. The molecule has 154 valence electrons. The lowest BCUT2D eigenvalue weighted by molar-refractivity contribution is 0.0377. The van der Waals surface area contributed by atoms with Gasteiger partial charge >= 0.3 is 11.9 Å². The van der Waals surface area contributed by atoms with Gasteiger partial charge in [-0.1, -0.05) is 17.7 Å². The van der Waals surface area contributed by atoms with Crippen LogP contribution in [-0.4, -0.2) is 29.3 Å². The van der Waals surface area contributed by atoms with Gasteiger partial charge in [-0.05, 0) is 77.2 Å². The zero-order valence-corrected chi connectivity index (χ0v) is 18.1. The summed E-state index contributed by atoms with van der Waals surface area (Å²) in [7, 11) is 0. The third-order valence-corrected chi connectivity index (χ3v) is 3.86. The van der Waals surface area contributed by atoms with Crippen LogP contribution in [0.3, 0.4) is 0 Å². The lowest BCUT2D eigenvalue weighted by Gasteiger charge is -2.15. The number of carbonyl (C=O) groups excluding carboxylic acids is 2. The average Bonchev–Trinajstić information content (AvgIpc) is 2.62. The molecule has 0 bridgehead atoms. The number of thiocarbonyl (C=S) groups is 1. The molecule has 0 aliphatic carbocycles. The molecule has 2 aromatic carbocycles. The molecule has 0 aliphatic rings. The number of hydrogen-bond acceptors (Lipinski definition) is 5. The van der Waals surface area contributed by atoms with Crippen LogP contribution in [0.25, 0.3) is 0 Å². The second kappa shape index (κ2) is 10.0. The number of esters is 2. The average molecular weight is 415 g/mol. The molecule has 2 aromatic rings. The second-order valence-corrected chi connectivity index (χ2v) is 7.56. The van der Waals surface area contributed by atoms with Gasteiger partial charge in [0.1, 0.15) is 0 Å². The summed E-state index contributed by atoms with van der Waals surface area (Å²) in [4.78, 5) is 24.7. The van der Waals surface area contributed by atoms with E-state index in [9.17, 15) is 9.59 Å². The van der Waals surface area contributed by atoms with E-state index in [0.717, 1.165) is 11.3 Å². The first kappa shape index (κ1) is 22.4. The summed E-state index contributed by atoms with van der Waals surface area (Å²) in [6.45, 7) is 9.03. The standard InChI is InChI=1S/C22H26N2O4S/c1-13(2)27-20(25)16-10-17(21(26)28-14(3)4)12-19(11-16)24-22(29)23-18-8-6-15(5)7-9-18/h6-14H,1-5H3,(H2,23,24,29). The summed E-state index contributed by atoms with van der Waals surface area (Å²) in [5, 5.41) is 6.40. The fourth-order valence-electron chi connectivity index (χ4n) is 2.43. The molecular formula is C22H26N2O4S. The summed E-state index contributed by atoms with van der Waals surface area (Å²) >= 11 is 5.35. The van der Waals surface area contributed by atoms with Gasteiger partial charge in [0.2, 0.25) is 0 Å². The summed E-state index contributed by atoms with van der Waals surface area (Å²) in [5.41, 5.74) is 2.90. The summed E-state index contributed by atoms with van der Waals surface area (Å²) < 4.78 is 10.5. The molecule has 0 amide bonds. The molecule has 0 unspecified atom stereocenters.